The van der Waals surface area contributed by atoms with Gasteiger partial charge in [-0.15, -0.1) is 0 Å². The minimum atomic E-state index is -0.285. The molecule has 1 fully saturated rings. The van der Waals surface area contributed by atoms with E-state index in [4.69, 9.17) is 5.73 Å². The molecule has 0 bridgehead atoms. The highest BCUT2D eigenvalue weighted by molar-refractivity contribution is 5.68. The predicted molar refractivity (Wildman–Crippen MR) is 58.7 cm³/mol. The van der Waals surface area contributed by atoms with Gasteiger partial charge in [-0.3, -0.25) is 9.48 Å². The van der Waals surface area contributed by atoms with Crippen molar-refractivity contribution < 1.29 is 9.53 Å². The van der Waals surface area contributed by atoms with E-state index < -0.39 is 0 Å². The van der Waals surface area contributed by atoms with Gasteiger partial charge in [0.05, 0.1) is 13.3 Å². The number of nitrogens with two attached hydrogens (primary N) is 1. The van der Waals surface area contributed by atoms with E-state index in [0.717, 1.165) is 31.2 Å². The van der Waals surface area contributed by atoms with Crippen LogP contribution in [-0.2, 0) is 22.5 Å². The molecular formula is C11H17N3O2. The van der Waals surface area contributed by atoms with Gasteiger partial charge in [0, 0.05) is 11.7 Å². The lowest BCUT2D eigenvalue weighted by Crippen LogP contribution is -2.21. The number of nitrogens with zero attached hydrogens (tertiary/aromatic N) is 2. The second-order valence-electron chi connectivity index (χ2n) is 4.48. The van der Waals surface area contributed by atoms with Crippen LogP contribution in [0.1, 0.15) is 24.8 Å². The number of rotatable bonds is 5. The monoisotopic (exact) mass is 223 g/mol. The van der Waals surface area contributed by atoms with E-state index in [1.807, 2.05) is 6.20 Å². The Labute approximate surface area is 94.6 Å². The SMILES string of the molecule is COC(=O)Cn1cc(CCC2(N)CC2)cn1. The normalized spacial score (nSPS) is 17.1. The smallest absolute Gasteiger partial charge is 0.327 e. The fourth-order valence-electron chi connectivity index (χ4n) is 1.62. The molecule has 1 aliphatic rings. The van der Waals surface area contributed by atoms with E-state index in [9.17, 15) is 4.79 Å². The zero-order chi connectivity index (χ0) is 11.6. The zero-order valence-electron chi connectivity index (χ0n) is 9.48. The Hall–Kier alpha value is -1.36. The van der Waals surface area contributed by atoms with E-state index in [0.29, 0.717) is 0 Å². The lowest BCUT2D eigenvalue weighted by atomic mass is 10.1. The van der Waals surface area contributed by atoms with E-state index in [1.165, 1.54) is 7.11 Å². The van der Waals surface area contributed by atoms with Gasteiger partial charge in [0.1, 0.15) is 6.54 Å². The molecule has 0 unspecified atom stereocenters. The van der Waals surface area contributed by atoms with E-state index in [1.54, 1.807) is 10.9 Å². The summed E-state index contributed by atoms with van der Waals surface area (Å²) in [7, 11) is 1.37. The van der Waals surface area contributed by atoms with Crippen LogP contribution < -0.4 is 5.73 Å². The molecule has 2 rings (SSSR count). The van der Waals surface area contributed by atoms with Crippen LogP contribution in [0.5, 0.6) is 0 Å². The van der Waals surface area contributed by atoms with Gasteiger partial charge in [0.25, 0.3) is 0 Å². The number of ether oxygens (including phenoxy) is 1. The number of hydrogen-bond acceptors (Lipinski definition) is 4. The van der Waals surface area contributed by atoms with Gasteiger partial charge in [-0.05, 0) is 31.2 Å². The van der Waals surface area contributed by atoms with Crippen molar-refractivity contribution in [1.82, 2.24) is 9.78 Å². The Balaban J connectivity index is 1.84. The quantitative estimate of drug-likeness (QED) is 0.737. The fraction of sp³-hybridized carbons (Fsp3) is 0.636. The molecular weight excluding hydrogens is 206 g/mol. The maximum atomic E-state index is 11.0. The molecule has 16 heavy (non-hydrogen) atoms. The second-order valence-corrected chi connectivity index (χ2v) is 4.48. The molecule has 1 aromatic rings. The average molecular weight is 223 g/mol. The number of aromatic nitrogens is 2. The standard InChI is InChI=1S/C11H17N3O2/c1-16-10(15)8-14-7-9(6-13-14)2-3-11(12)4-5-11/h6-7H,2-5,8,12H2,1H3. The summed E-state index contributed by atoms with van der Waals surface area (Å²) in [4.78, 5) is 11.0. The molecule has 0 spiro atoms. The third-order valence-electron chi connectivity index (χ3n) is 3.01. The van der Waals surface area contributed by atoms with Crippen LogP contribution in [0.15, 0.2) is 12.4 Å². The summed E-state index contributed by atoms with van der Waals surface area (Å²) < 4.78 is 6.16. The highest BCUT2D eigenvalue weighted by Crippen LogP contribution is 2.36. The number of hydrogen-bond donors (Lipinski definition) is 1. The maximum Gasteiger partial charge on any atom is 0.327 e. The summed E-state index contributed by atoms with van der Waals surface area (Å²) in [6.45, 7) is 0.171. The van der Waals surface area contributed by atoms with Gasteiger partial charge in [-0.2, -0.15) is 5.10 Å². The molecule has 5 heteroatoms. The van der Waals surface area contributed by atoms with Crippen molar-refractivity contribution in [2.45, 2.75) is 37.8 Å². The Bertz CT molecular complexity index is 382. The van der Waals surface area contributed by atoms with Gasteiger partial charge in [0.2, 0.25) is 0 Å². The number of esters is 1. The highest BCUT2D eigenvalue weighted by atomic mass is 16.5. The van der Waals surface area contributed by atoms with Crippen molar-refractivity contribution in [3.8, 4) is 0 Å². The van der Waals surface area contributed by atoms with Gasteiger partial charge in [-0.1, -0.05) is 0 Å². The molecule has 1 heterocycles. The third kappa shape index (κ3) is 2.82. The Morgan fingerprint density at radius 1 is 1.69 bits per heavy atom. The fourth-order valence-corrected chi connectivity index (χ4v) is 1.62. The Morgan fingerprint density at radius 3 is 3.06 bits per heavy atom. The predicted octanol–water partition coefficient (Wildman–Crippen LogP) is 0.480. The minimum absolute atomic E-state index is 0.0739. The van der Waals surface area contributed by atoms with Crippen molar-refractivity contribution in [3.05, 3.63) is 18.0 Å². The van der Waals surface area contributed by atoms with Crippen molar-refractivity contribution >= 4 is 5.97 Å². The first-order valence-corrected chi connectivity index (χ1v) is 5.48. The van der Waals surface area contributed by atoms with Gasteiger partial charge >= 0.3 is 5.97 Å². The molecule has 0 saturated heterocycles. The molecule has 0 aliphatic heterocycles. The number of aryl methyl sites for hydroxylation is 1. The summed E-state index contributed by atoms with van der Waals surface area (Å²) in [5.74, 6) is -0.285. The summed E-state index contributed by atoms with van der Waals surface area (Å²) in [6.07, 6.45) is 7.85. The van der Waals surface area contributed by atoms with Crippen LogP contribution in [0.25, 0.3) is 0 Å². The Kier molecular flexibility index (Phi) is 2.96. The summed E-state index contributed by atoms with van der Waals surface area (Å²) in [5, 5.41) is 4.10. The van der Waals surface area contributed by atoms with Crippen molar-refractivity contribution in [1.29, 1.82) is 0 Å². The number of carbonyl (C=O) groups is 1. The summed E-state index contributed by atoms with van der Waals surface area (Å²) >= 11 is 0. The molecule has 0 radical (unpaired) electrons. The van der Waals surface area contributed by atoms with E-state index in [-0.39, 0.29) is 18.1 Å². The summed E-state index contributed by atoms with van der Waals surface area (Å²) in [5.41, 5.74) is 7.20. The maximum absolute atomic E-state index is 11.0. The third-order valence-corrected chi connectivity index (χ3v) is 3.01. The zero-order valence-corrected chi connectivity index (χ0v) is 9.48. The first kappa shape index (κ1) is 11.1. The average Bonchev–Trinajstić information content (AvgIpc) is 2.84. The van der Waals surface area contributed by atoms with Gasteiger partial charge in [0.15, 0.2) is 0 Å². The molecule has 1 saturated carbocycles. The molecule has 1 aromatic heterocycles. The van der Waals surface area contributed by atoms with Gasteiger partial charge < -0.3 is 10.5 Å². The van der Waals surface area contributed by atoms with Crippen LogP contribution in [-0.4, -0.2) is 28.4 Å². The van der Waals surface area contributed by atoms with Crippen LogP contribution >= 0.6 is 0 Å². The first-order valence-electron chi connectivity index (χ1n) is 5.48. The molecule has 2 N–H and O–H groups in total. The van der Waals surface area contributed by atoms with E-state index >= 15 is 0 Å². The van der Waals surface area contributed by atoms with Crippen LogP contribution in [0, 0.1) is 0 Å². The lowest BCUT2D eigenvalue weighted by molar-refractivity contribution is -0.141. The number of methoxy groups -OCH3 is 1. The van der Waals surface area contributed by atoms with E-state index in [2.05, 4.69) is 9.84 Å². The summed E-state index contributed by atoms with van der Waals surface area (Å²) in [6, 6.07) is 0. The Morgan fingerprint density at radius 2 is 2.44 bits per heavy atom. The van der Waals surface area contributed by atoms with Crippen molar-refractivity contribution in [2.75, 3.05) is 7.11 Å². The molecule has 0 atom stereocenters. The molecule has 0 aromatic carbocycles. The minimum Gasteiger partial charge on any atom is -0.468 e. The van der Waals surface area contributed by atoms with Crippen LogP contribution in [0.3, 0.4) is 0 Å². The lowest BCUT2D eigenvalue weighted by Gasteiger charge is -2.05. The first-order chi connectivity index (χ1) is 7.61. The van der Waals surface area contributed by atoms with Crippen molar-refractivity contribution in [3.63, 3.8) is 0 Å². The molecule has 88 valence electrons. The molecule has 5 nitrogen and oxygen atoms in total. The van der Waals surface area contributed by atoms with Crippen LogP contribution in [0.4, 0.5) is 0 Å². The molecule has 1 aliphatic carbocycles. The highest BCUT2D eigenvalue weighted by Gasteiger charge is 2.37. The largest absolute Gasteiger partial charge is 0.468 e. The topological polar surface area (TPSA) is 70.1 Å². The van der Waals surface area contributed by atoms with Crippen LogP contribution in [0.2, 0.25) is 0 Å². The molecule has 0 amide bonds. The van der Waals surface area contributed by atoms with Crippen molar-refractivity contribution in [2.24, 2.45) is 5.73 Å². The second kappa shape index (κ2) is 4.25. The van der Waals surface area contributed by atoms with Gasteiger partial charge in [-0.25, -0.2) is 0 Å². The number of carbonyl (C=O) groups excluding carboxylic acids is 1.